The first kappa shape index (κ1) is 9.46. The van der Waals surface area contributed by atoms with Gasteiger partial charge in [0.1, 0.15) is 5.82 Å². The van der Waals surface area contributed by atoms with Crippen LogP contribution in [0.2, 0.25) is 0 Å². The maximum absolute atomic E-state index is 13.5. The van der Waals surface area contributed by atoms with E-state index in [1.165, 1.54) is 6.07 Å². The number of hydrogen-bond donors (Lipinski definition) is 1. The van der Waals surface area contributed by atoms with E-state index in [2.05, 4.69) is 4.90 Å². The Morgan fingerprint density at radius 3 is 2.64 bits per heavy atom. The highest BCUT2D eigenvalue weighted by molar-refractivity contribution is 5.50. The molecular formula is C11H15FN2. The zero-order valence-electron chi connectivity index (χ0n) is 8.17. The zero-order valence-corrected chi connectivity index (χ0v) is 8.17. The van der Waals surface area contributed by atoms with Crippen molar-refractivity contribution in [3.8, 4) is 0 Å². The third-order valence-electron chi connectivity index (χ3n) is 2.69. The van der Waals surface area contributed by atoms with Crippen molar-refractivity contribution in [2.75, 3.05) is 18.0 Å². The first-order valence-electron chi connectivity index (χ1n) is 5.04. The quantitative estimate of drug-likeness (QED) is 0.779. The predicted octanol–water partition coefficient (Wildman–Crippen LogP) is 1.88. The van der Waals surface area contributed by atoms with Crippen LogP contribution in [0.15, 0.2) is 18.2 Å². The van der Waals surface area contributed by atoms with Gasteiger partial charge in [0.25, 0.3) is 0 Å². The summed E-state index contributed by atoms with van der Waals surface area (Å²) in [5.41, 5.74) is 7.23. The normalized spacial score (nSPS) is 16.3. The van der Waals surface area contributed by atoms with E-state index in [1.54, 1.807) is 6.07 Å². The van der Waals surface area contributed by atoms with Crippen molar-refractivity contribution >= 4 is 5.69 Å². The fourth-order valence-electron chi connectivity index (χ4n) is 1.89. The number of nitrogens with two attached hydrogens (primary N) is 1. The van der Waals surface area contributed by atoms with Gasteiger partial charge >= 0.3 is 0 Å². The summed E-state index contributed by atoms with van der Waals surface area (Å²) in [6.45, 7) is 2.40. The van der Waals surface area contributed by atoms with E-state index in [0.29, 0.717) is 12.2 Å². The standard InChI is InChI=1S/C11H15FN2/c12-10-4-3-9(8-13)7-11(10)14-5-1-2-6-14/h3-4,7H,1-2,5-6,8,13H2. The molecule has 1 aromatic rings. The second-order valence-corrected chi connectivity index (χ2v) is 3.68. The smallest absolute Gasteiger partial charge is 0.146 e. The molecule has 0 radical (unpaired) electrons. The summed E-state index contributed by atoms with van der Waals surface area (Å²) in [5.74, 6) is -0.135. The van der Waals surface area contributed by atoms with E-state index in [1.807, 2.05) is 6.07 Å². The van der Waals surface area contributed by atoms with Crippen LogP contribution in [0.25, 0.3) is 0 Å². The monoisotopic (exact) mass is 194 g/mol. The average Bonchev–Trinajstić information content (AvgIpc) is 2.71. The molecule has 3 heteroatoms. The van der Waals surface area contributed by atoms with Crippen molar-refractivity contribution in [2.45, 2.75) is 19.4 Å². The summed E-state index contributed by atoms with van der Waals surface area (Å²) >= 11 is 0. The van der Waals surface area contributed by atoms with Gasteiger partial charge in [0.2, 0.25) is 0 Å². The molecule has 0 saturated carbocycles. The van der Waals surface area contributed by atoms with Crippen LogP contribution in [0.3, 0.4) is 0 Å². The Bertz CT molecular complexity index is 319. The molecule has 1 aromatic carbocycles. The fraction of sp³-hybridized carbons (Fsp3) is 0.455. The van der Waals surface area contributed by atoms with E-state index in [9.17, 15) is 4.39 Å². The molecule has 0 atom stereocenters. The molecule has 2 nitrogen and oxygen atoms in total. The maximum Gasteiger partial charge on any atom is 0.146 e. The number of halogens is 1. The molecule has 0 aromatic heterocycles. The van der Waals surface area contributed by atoms with Gasteiger partial charge in [-0.1, -0.05) is 6.07 Å². The van der Waals surface area contributed by atoms with E-state index in [4.69, 9.17) is 5.73 Å². The van der Waals surface area contributed by atoms with Gasteiger partial charge in [-0.25, -0.2) is 4.39 Å². The van der Waals surface area contributed by atoms with E-state index >= 15 is 0 Å². The van der Waals surface area contributed by atoms with Crippen molar-refractivity contribution in [1.29, 1.82) is 0 Å². The van der Waals surface area contributed by atoms with Gasteiger partial charge in [-0.2, -0.15) is 0 Å². The van der Waals surface area contributed by atoms with Crippen molar-refractivity contribution in [3.63, 3.8) is 0 Å². The third kappa shape index (κ3) is 1.73. The lowest BCUT2D eigenvalue weighted by Gasteiger charge is -2.18. The second-order valence-electron chi connectivity index (χ2n) is 3.68. The number of benzene rings is 1. The summed E-state index contributed by atoms with van der Waals surface area (Å²) < 4.78 is 13.5. The topological polar surface area (TPSA) is 29.3 Å². The van der Waals surface area contributed by atoms with Crippen LogP contribution < -0.4 is 10.6 Å². The van der Waals surface area contributed by atoms with Crippen molar-refractivity contribution < 1.29 is 4.39 Å². The van der Waals surface area contributed by atoms with Gasteiger partial charge in [0, 0.05) is 19.6 Å². The number of anilines is 1. The molecule has 14 heavy (non-hydrogen) atoms. The molecule has 0 bridgehead atoms. The molecular weight excluding hydrogens is 179 g/mol. The Morgan fingerprint density at radius 1 is 1.29 bits per heavy atom. The first-order chi connectivity index (χ1) is 6.81. The van der Waals surface area contributed by atoms with Crippen LogP contribution in [0, 0.1) is 5.82 Å². The Labute approximate surface area is 83.5 Å². The van der Waals surface area contributed by atoms with Crippen molar-refractivity contribution in [1.82, 2.24) is 0 Å². The summed E-state index contributed by atoms with van der Waals surface area (Å²) in [5, 5.41) is 0. The summed E-state index contributed by atoms with van der Waals surface area (Å²) in [6.07, 6.45) is 2.32. The van der Waals surface area contributed by atoms with Gasteiger partial charge in [-0.05, 0) is 30.5 Å². The van der Waals surface area contributed by atoms with Crippen LogP contribution in [-0.4, -0.2) is 13.1 Å². The molecule has 2 rings (SSSR count). The van der Waals surface area contributed by atoms with Gasteiger partial charge in [-0.3, -0.25) is 0 Å². The van der Waals surface area contributed by atoms with Crippen LogP contribution in [0.5, 0.6) is 0 Å². The Hall–Kier alpha value is -1.09. The van der Waals surface area contributed by atoms with Crippen LogP contribution in [0.1, 0.15) is 18.4 Å². The minimum Gasteiger partial charge on any atom is -0.369 e. The predicted molar refractivity (Wildman–Crippen MR) is 55.7 cm³/mol. The molecule has 0 spiro atoms. The highest BCUT2D eigenvalue weighted by Gasteiger charge is 2.15. The van der Waals surface area contributed by atoms with Gasteiger partial charge < -0.3 is 10.6 Å². The number of rotatable bonds is 2. The molecule has 1 aliphatic heterocycles. The fourth-order valence-corrected chi connectivity index (χ4v) is 1.89. The molecule has 0 aliphatic carbocycles. The molecule has 1 saturated heterocycles. The molecule has 1 aliphatic rings. The second kappa shape index (κ2) is 3.96. The maximum atomic E-state index is 13.5. The van der Waals surface area contributed by atoms with Gasteiger partial charge in [0.05, 0.1) is 5.69 Å². The summed E-state index contributed by atoms with van der Waals surface area (Å²) in [4.78, 5) is 2.09. The number of hydrogen-bond acceptors (Lipinski definition) is 2. The average molecular weight is 194 g/mol. The SMILES string of the molecule is NCc1ccc(F)c(N2CCCC2)c1. The molecule has 76 valence electrons. The highest BCUT2D eigenvalue weighted by atomic mass is 19.1. The lowest BCUT2D eigenvalue weighted by molar-refractivity contribution is 0.622. The van der Waals surface area contributed by atoms with Gasteiger partial charge in [0.15, 0.2) is 0 Å². The minimum absolute atomic E-state index is 0.135. The highest BCUT2D eigenvalue weighted by Crippen LogP contribution is 2.24. The molecule has 2 N–H and O–H groups in total. The minimum atomic E-state index is -0.135. The van der Waals surface area contributed by atoms with E-state index < -0.39 is 0 Å². The van der Waals surface area contributed by atoms with Crippen LogP contribution >= 0.6 is 0 Å². The van der Waals surface area contributed by atoms with E-state index in [0.717, 1.165) is 31.5 Å². The molecule has 1 fully saturated rings. The third-order valence-corrected chi connectivity index (χ3v) is 2.69. The Balaban J connectivity index is 2.29. The van der Waals surface area contributed by atoms with Crippen LogP contribution in [0.4, 0.5) is 10.1 Å². The summed E-state index contributed by atoms with van der Waals surface area (Å²) in [6, 6.07) is 5.12. The number of nitrogens with zero attached hydrogens (tertiary/aromatic N) is 1. The molecule has 0 unspecified atom stereocenters. The lowest BCUT2D eigenvalue weighted by atomic mass is 10.2. The van der Waals surface area contributed by atoms with E-state index in [-0.39, 0.29) is 5.82 Å². The van der Waals surface area contributed by atoms with Crippen LogP contribution in [-0.2, 0) is 6.54 Å². The Morgan fingerprint density at radius 2 is 2.00 bits per heavy atom. The first-order valence-corrected chi connectivity index (χ1v) is 5.04. The zero-order chi connectivity index (χ0) is 9.97. The summed E-state index contributed by atoms with van der Waals surface area (Å²) in [7, 11) is 0. The van der Waals surface area contributed by atoms with Gasteiger partial charge in [-0.15, -0.1) is 0 Å². The van der Waals surface area contributed by atoms with Crippen molar-refractivity contribution in [2.24, 2.45) is 5.73 Å². The molecule has 0 amide bonds. The lowest BCUT2D eigenvalue weighted by Crippen LogP contribution is -2.19. The molecule has 1 heterocycles. The largest absolute Gasteiger partial charge is 0.369 e. The van der Waals surface area contributed by atoms with Crippen molar-refractivity contribution in [3.05, 3.63) is 29.6 Å². The Kier molecular flexibility index (Phi) is 2.68.